The van der Waals surface area contributed by atoms with Gasteiger partial charge in [-0.05, 0) is 6.42 Å². The SMILES string of the molecule is C=CCO[C@@H]1[C@@H](OC(C)=O)[C@H](OCCCCCCCC)O[C@H](COC(C)=O)[C@H]1OC(C)=O. The van der Waals surface area contributed by atoms with E-state index in [0.29, 0.717) is 6.61 Å². The van der Waals surface area contributed by atoms with Crippen LogP contribution in [0.15, 0.2) is 12.7 Å². The van der Waals surface area contributed by atoms with Crippen LogP contribution in [0.25, 0.3) is 0 Å². The molecule has 32 heavy (non-hydrogen) atoms. The lowest BCUT2D eigenvalue weighted by Crippen LogP contribution is -2.62. The first-order valence-corrected chi connectivity index (χ1v) is 11.3. The van der Waals surface area contributed by atoms with Crippen molar-refractivity contribution >= 4 is 17.9 Å². The van der Waals surface area contributed by atoms with Gasteiger partial charge in [0, 0.05) is 27.4 Å². The quantitative estimate of drug-likeness (QED) is 0.158. The highest BCUT2D eigenvalue weighted by Gasteiger charge is 2.51. The summed E-state index contributed by atoms with van der Waals surface area (Å²) in [4.78, 5) is 34.9. The highest BCUT2D eigenvalue weighted by molar-refractivity contribution is 5.67. The lowest BCUT2D eigenvalue weighted by molar-refractivity contribution is -0.311. The fourth-order valence-electron chi connectivity index (χ4n) is 3.45. The lowest BCUT2D eigenvalue weighted by atomic mass is 9.98. The summed E-state index contributed by atoms with van der Waals surface area (Å²) in [6.45, 7) is 9.91. The van der Waals surface area contributed by atoms with Gasteiger partial charge in [-0.2, -0.15) is 0 Å². The minimum atomic E-state index is -0.981. The molecule has 184 valence electrons. The molecule has 0 N–H and O–H groups in total. The second-order valence-corrected chi connectivity index (χ2v) is 7.72. The number of carbonyl (C=O) groups is 3. The fourth-order valence-corrected chi connectivity index (χ4v) is 3.45. The fraction of sp³-hybridized carbons (Fsp3) is 0.783. The van der Waals surface area contributed by atoms with Gasteiger partial charge < -0.3 is 28.4 Å². The van der Waals surface area contributed by atoms with Gasteiger partial charge in [0.1, 0.15) is 18.8 Å². The van der Waals surface area contributed by atoms with E-state index in [9.17, 15) is 14.4 Å². The van der Waals surface area contributed by atoms with Crippen LogP contribution in [0.1, 0.15) is 66.2 Å². The number of carbonyl (C=O) groups excluding carboxylic acids is 3. The molecular weight excluding hydrogens is 420 g/mol. The Morgan fingerprint density at radius 1 is 0.844 bits per heavy atom. The van der Waals surface area contributed by atoms with Crippen molar-refractivity contribution in [3.05, 3.63) is 12.7 Å². The van der Waals surface area contributed by atoms with Gasteiger partial charge >= 0.3 is 17.9 Å². The van der Waals surface area contributed by atoms with E-state index in [1.54, 1.807) is 0 Å². The Morgan fingerprint density at radius 2 is 1.47 bits per heavy atom. The Bertz CT molecular complexity index is 592. The number of ether oxygens (including phenoxy) is 6. The van der Waals surface area contributed by atoms with Crippen molar-refractivity contribution in [3.8, 4) is 0 Å². The Kier molecular flexibility index (Phi) is 13.8. The average Bonchev–Trinajstić information content (AvgIpc) is 2.72. The van der Waals surface area contributed by atoms with Gasteiger partial charge in [-0.15, -0.1) is 6.58 Å². The van der Waals surface area contributed by atoms with Gasteiger partial charge in [-0.3, -0.25) is 14.4 Å². The van der Waals surface area contributed by atoms with Crippen LogP contribution in [0, 0.1) is 0 Å². The van der Waals surface area contributed by atoms with Crippen molar-refractivity contribution < 1.29 is 42.8 Å². The molecule has 1 heterocycles. The topological polar surface area (TPSA) is 107 Å². The number of unbranched alkanes of at least 4 members (excludes halogenated alkanes) is 5. The average molecular weight is 459 g/mol. The molecular formula is C23H38O9. The first-order chi connectivity index (χ1) is 15.3. The maximum Gasteiger partial charge on any atom is 0.303 e. The van der Waals surface area contributed by atoms with Gasteiger partial charge in [0.05, 0.1) is 6.61 Å². The van der Waals surface area contributed by atoms with Crippen LogP contribution in [0.4, 0.5) is 0 Å². The van der Waals surface area contributed by atoms with Gasteiger partial charge in [-0.25, -0.2) is 0 Å². The smallest absolute Gasteiger partial charge is 0.303 e. The monoisotopic (exact) mass is 458 g/mol. The van der Waals surface area contributed by atoms with Crippen molar-refractivity contribution in [1.29, 1.82) is 0 Å². The minimum Gasteiger partial charge on any atom is -0.463 e. The highest BCUT2D eigenvalue weighted by Crippen LogP contribution is 2.30. The van der Waals surface area contributed by atoms with Gasteiger partial charge in [0.25, 0.3) is 0 Å². The van der Waals surface area contributed by atoms with Gasteiger partial charge in [0.2, 0.25) is 0 Å². The number of rotatable bonds is 15. The predicted molar refractivity (Wildman–Crippen MR) is 116 cm³/mol. The molecule has 1 aliphatic rings. The first kappa shape index (κ1) is 28.1. The second-order valence-electron chi connectivity index (χ2n) is 7.72. The van der Waals surface area contributed by atoms with Crippen molar-refractivity contribution in [2.45, 2.75) is 96.9 Å². The van der Waals surface area contributed by atoms with Crippen LogP contribution < -0.4 is 0 Å². The molecule has 0 aliphatic carbocycles. The van der Waals surface area contributed by atoms with Crippen LogP contribution in [0.5, 0.6) is 0 Å². The summed E-state index contributed by atoms with van der Waals surface area (Å²) in [6, 6.07) is 0. The van der Waals surface area contributed by atoms with Crippen molar-refractivity contribution in [2.75, 3.05) is 19.8 Å². The van der Waals surface area contributed by atoms with Crippen LogP contribution in [0.3, 0.4) is 0 Å². The summed E-state index contributed by atoms with van der Waals surface area (Å²) in [7, 11) is 0. The molecule has 0 spiro atoms. The summed E-state index contributed by atoms with van der Waals surface area (Å²) in [5.74, 6) is -1.64. The molecule has 0 saturated carbocycles. The van der Waals surface area contributed by atoms with Crippen LogP contribution in [-0.4, -0.2) is 68.4 Å². The van der Waals surface area contributed by atoms with Gasteiger partial charge in [-0.1, -0.05) is 45.1 Å². The molecule has 9 heteroatoms. The molecule has 1 aliphatic heterocycles. The standard InChI is InChI=1S/C23H38O9/c1-6-8-9-10-11-12-14-28-23-22(31-18(5)26)21(27-13-7-2)20(30-17(4)25)19(32-23)15-29-16(3)24/h7,19-23H,2,6,8-15H2,1,3-5H3/t19-,20-,21+,22-,23-/m1/s1. The minimum absolute atomic E-state index is 0.116. The maximum absolute atomic E-state index is 11.8. The third-order valence-electron chi connectivity index (χ3n) is 4.83. The number of hydrogen-bond acceptors (Lipinski definition) is 9. The molecule has 9 nitrogen and oxygen atoms in total. The van der Waals surface area contributed by atoms with E-state index in [4.69, 9.17) is 28.4 Å². The molecule has 0 aromatic rings. The molecule has 1 saturated heterocycles. The van der Waals surface area contributed by atoms with E-state index < -0.39 is 48.6 Å². The Hall–Kier alpha value is -1.97. The molecule has 0 aromatic carbocycles. The Morgan fingerprint density at radius 3 is 2.06 bits per heavy atom. The molecule has 0 unspecified atom stereocenters. The molecule has 1 rings (SSSR count). The molecule has 0 bridgehead atoms. The zero-order chi connectivity index (χ0) is 23.9. The second kappa shape index (κ2) is 15.8. The third-order valence-corrected chi connectivity index (χ3v) is 4.83. The molecule has 0 radical (unpaired) electrons. The van der Waals surface area contributed by atoms with E-state index in [1.165, 1.54) is 46.1 Å². The van der Waals surface area contributed by atoms with Crippen LogP contribution in [0.2, 0.25) is 0 Å². The zero-order valence-corrected chi connectivity index (χ0v) is 19.7. The Balaban J connectivity index is 2.98. The molecule has 5 atom stereocenters. The normalized spacial score (nSPS) is 25.1. The summed E-state index contributed by atoms with van der Waals surface area (Å²) >= 11 is 0. The van der Waals surface area contributed by atoms with E-state index >= 15 is 0 Å². The van der Waals surface area contributed by atoms with Crippen molar-refractivity contribution in [3.63, 3.8) is 0 Å². The third kappa shape index (κ3) is 10.6. The summed E-state index contributed by atoms with van der Waals surface area (Å²) < 4.78 is 33.7. The summed E-state index contributed by atoms with van der Waals surface area (Å²) in [5.41, 5.74) is 0. The summed E-state index contributed by atoms with van der Waals surface area (Å²) in [6.07, 6.45) is 3.33. The zero-order valence-electron chi connectivity index (χ0n) is 19.7. The van der Waals surface area contributed by atoms with E-state index in [-0.39, 0.29) is 13.2 Å². The van der Waals surface area contributed by atoms with Crippen molar-refractivity contribution in [1.82, 2.24) is 0 Å². The summed E-state index contributed by atoms with van der Waals surface area (Å²) in [5, 5.41) is 0. The maximum atomic E-state index is 11.8. The number of hydrogen-bond donors (Lipinski definition) is 0. The predicted octanol–water partition coefficient (Wildman–Crippen LogP) is 3.09. The van der Waals surface area contributed by atoms with Crippen LogP contribution >= 0.6 is 0 Å². The van der Waals surface area contributed by atoms with E-state index in [2.05, 4.69) is 13.5 Å². The highest BCUT2D eigenvalue weighted by atomic mass is 16.7. The molecule has 0 aromatic heterocycles. The van der Waals surface area contributed by atoms with Gasteiger partial charge in [0.15, 0.2) is 18.5 Å². The molecule has 0 amide bonds. The Labute approximate surface area is 190 Å². The lowest BCUT2D eigenvalue weighted by Gasteiger charge is -2.44. The first-order valence-electron chi connectivity index (χ1n) is 11.3. The van der Waals surface area contributed by atoms with Crippen LogP contribution in [-0.2, 0) is 42.8 Å². The van der Waals surface area contributed by atoms with E-state index in [0.717, 1.165) is 19.3 Å². The molecule has 1 fully saturated rings. The number of esters is 3. The van der Waals surface area contributed by atoms with Crippen molar-refractivity contribution in [2.24, 2.45) is 0 Å². The largest absolute Gasteiger partial charge is 0.463 e. The van der Waals surface area contributed by atoms with E-state index in [1.807, 2.05) is 0 Å².